The Morgan fingerprint density at radius 3 is 2.83 bits per heavy atom. The van der Waals surface area contributed by atoms with E-state index >= 15 is 0 Å². The fourth-order valence-electron chi connectivity index (χ4n) is 0.784. The van der Waals surface area contributed by atoms with Gasteiger partial charge in [0.15, 0.2) is 0 Å². The molecule has 0 spiro atoms. The molecule has 0 atom stereocenters. The van der Waals surface area contributed by atoms with E-state index in [1.807, 2.05) is 6.08 Å². The molecule has 0 aromatic rings. The summed E-state index contributed by atoms with van der Waals surface area (Å²) in [7, 11) is 1.71. The maximum Gasteiger partial charge on any atom is 0.0587 e. The smallest absolute Gasteiger partial charge is 0.0587 e. The predicted octanol–water partition coefficient (Wildman–Crippen LogP) is 1.74. The number of methoxy groups -OCH3 is 1. The molecule has 0 bridgehead atoms. The van der Waals surface area contributed by atoms with Gasteiger partial charge in [0, 0.05) is 13.7 Å². The Morgan fingerprint density at radius 2 is 2.25 bits per heavy atom. The van der Waals surface area contributed by atoms with Gasteiger partial charge in [0.2, 0.25) is 0 Å². The quantitative estimate of drug-likeness (QED) is 0.463. The van der Waals surface area contributed by atoms with Crippen LogP contribution in [0.3, 0.4) is 0 Å². The zero-order valence-corrected chi connectivity index (χ0v) is 8.10. The fourth-order valence-corrected chi connectivity index (χ4v) is 0.784. The maximum atomic E-state index is 4.90. The van der Waals surface area contributed by atoms with Gasteiger partial charge in [-0.1, -0.05) is 24.3 Å². The SMILES string of the molecule is C=CC(C)=CCCNCCOC. The van der Waals surface area contributed by atoms with Crippen molar-refractivity contribution in [3.63, 3.8) is 0 Å². The Kier molecular flexibility index (Phi) is 8.07. The normalized spacial score (nSPS) is 11.7. The third-order valence-corrected chi connectivity index (χ3v) is 1.59. The number of hydrogen-bond acceptors (Lipinski definition) is 2. The van der Waals surface area contributed by atoms with Crippen LogP contribution in [0.1, 0.15) is 13.3 Å². The van der Waals surface area contributed by atoms with Crippen molar-refractivity contribution in [3.05, 3.63) is 24.3 Å². The Bertz CT molecular complexity index is 141. The van der Waals surface area contributed by atoms with E-state index in [9.17, 15) is 0 Å². The summed E-state index contributed by atoms with van der Waals surface area (Å²) in [6, 6.07) is 0. The first-order valence-corrected chi connectivity index (χ1v) is 4.30. The first-order valence-electron chi connectivity index (χ1n) is 4.30. The van der Waals surface area contributed by atoms with E-state index in [-0.39, 0.29) is 0 Å². The van der Waals surface area contributed by atoms with E-state index in [4.69, 9.17) is 4.74 Å². The highest BCUT2D eigenvalue weighted by Crippen LogP contribution is 1.93. The lowest BCUT2D eigenvalue weighted by Crippen LogP contribution is -2.19. The van der Waals surface area contributed by atoms with Gasteiger partial charge >= 0.3 is 0 Å². The molecule has 0 rings (SSSR count). The number of allylic oxidation sites excluding steroid dienone is 2. The summed E-state index contributed by atoms with van der Waals surface area (Å²) in [5.41, 5.74) is 1.24. The minimum atomic E-state index is 0.782. The van der Waals surface area contributed by atoms with Crippen molar-refractivity contribution < 1.29 is 4.74 Å². The topological polar surface area (TPSA) is 21.3 Å². The summed E-state index contributed by atoms with van der Waals surface area (Å²) in [6.07, 6.45) is 5.10. The van der Waals surface area contributed by atoms with E-state index in [1.54, 1.807) is 7.11 Å². The molecular weight excluding hydrogens is 150 g/mol. The van der Waals surface area contributed by atoms with Crippen LogP contribution in [0.4, 0.5) is 0 Å². The van der Waals surface area contributed by atoms with Gasteiger partial charge in [0.05, 0.1) is 6.61 Å². The zero-order valence-electron chi connectivity index (χ0n) is 8.10. The Balaban J connectivity index is 3.15. The average molecular weight is 169 g/mol. The minimum Gasteiger partial charge on any atom is -0.383 e. The molecule has 0 saturated heterocycles. The van der Waals surface area contributed by atoms with Crippen LogP contribution in [0.15, 0.2) is 24.3 Å². The average Bonchev–Trinajstić information content (AvgIpc) is 2.10. The summed E-state index contributed by atoms with van der Waals surface area (Å²) in [5.74, 6) is 0. The van der Waals surface area contributed by atoms with Gasteiger partial charge in [-0.3, -0.25) is 0 Å². The second-order valence-corrected chi connectivity index (χ2v) is 2.68. The molecule has 0 aliphatic heterocycles. The molecule has 0 unspecified atom stereocenters. The van der Waals surface area contributed by atoms with Gasteiger partial charge in [-0.25, -0.2) is 0 Å². The molecule has 0 aromatic heterocycles. The number of hydrogen-bond donors (Lipinski definition) is 1. The van der Waals surface area contributed by atoms with Crippen molar-refractivity contribution in [3.8, 4) is 0 Å². The molecule has 2 heteroatoms. The van der Waals surface area contributed by atoms with E-state index in [0.29, 0.717) is 0 Å². The number of ether oxygens (including phenoxy) is 1. The fraction of sp³-hybridized carbons (Fsp3) is 0.600. The molecule has 0 fully saturated rings. The first-order chi connectivity index (χ1) is 5.81. The molecule has 0 aromatic carbocycles. The molecule has 0 amide bonds. The lowest BCUT2D eigenvalue weighted by Gasteiger charge is -2.00. The summed E-state index contributed by atoms with van der Waals surface area (Å²) in [4.78, 5) is 0. The Hall–Kier alpha value is -0.600. The number of rotatable bonds is 7. The second kappa shape index (κ2) is 8.50. The van der Waals surface area contributed by atoms with Crippen LogP contribution in [0.25, 0.3) is 0 Å². The zero-order chi connectivity index (χ0) is 9.23. The predicted molar refractivity (Wildman–Crippen MR) is 53.3 cm³/mol. The van der Waals surface area contributed by atoms with E-state index < -0.39 is 0 Å². The summed E-state index contributed by atoms with van der Waals surface area (Å²) >= 11 is 0. The van der Waals surface area contributed by atoms with Gasteiger partial charge in [0.1, 0.15) is 0 Å². The third kappa shape index (κ3) is 7.51. The molecule has 0 heterocycles. The Morgan fingerprint density at radius 1 is 1.50 bits per heavy atom. The monoisotopic (exact) mass is 169 g/mol. The van der Waals surface area contributed by atoms with Crippen LogP contribution >= 0.6 is 0 Å². The van der Waals surface area contributed by atoms with Crippen molar-refractivity contribution in [2.45, 2.75) is 13.3 Å². The van der Waals surface area contributed by atoms with Crippen LogP contribution in [-0.2, 0) is 4.74 Å². The van der Waals surface area contributed by atoms with Gasteiger partial charge in [-0.2, -0.15) is 0 Å². The molecule has 70 valence electrons. The molecule has 0 aliphatic carbocycles. The van der Waals surface area contributed by atoms with Gasteiger partial charge < -0.3 is 10.1 Å². The van der Waals surface area contributed by atoms with E-state index in [2.05, 4.69) is 24.9 Å². The highest BCUT2D eigenvalue weighted by atomic mass is 16.5. The summed E-state index contributed by atoms with van der Waals surface area (Å²) in [6.45, 7) is 8.46. The molecule has 0 saturated carbocycles. The Labute approximate surface area is 75.3 Å². The lowest BCUT2D eigenvalue weighted by atomic mass is 10.2. The summed E-state index contributed by atoms with van der Waals surface area (Å²) in [5, 5.41) is 3.26. The van der Waals surface area contributed by atoms with Gasteiger partial charge in [-0.15, -0.1) is 0 Å². The van der Waals surface area contributed by atoms with E-state index in [1.165, 1.54) is 5.57 Å². The van der Waals surface area contributed by atoms with Crippen molar-refractivity contribution in [2.24, 2.45) is 0 Å². The minimum absolute atomic E-state index is 0.782. The van der Waals surface area contributed by atoms with Crippen LogP contribution in [0.5, 0.6) is 0 Å². The molecule has 0 radical (unpaired) electrons. The van der Waals surface area contributed by atoms with Gasteiger partial charge in [0.25, 0.3) is 0 Å². The molecule has 0 aliphatic rings. The van der Waals surface area contributed by atoms with Crippen molar-refractivity contribution in [2.75, 3.05) is 26.8 Å². The second-order valence-electron chi connectivity index (χ2n) is 2.68. The van der Waals surface area contributed by atoms with Crippen LogP contribution in [0.2, 0.25) is 0 Å². The van der Waals surface area contributed by atoms with Crippen molar-refractivity contribution in [1.82, 2.24) is 5.32 Å². The van der Waals surface area contributed by atoms with Crippen LogP contribution < -0.4 is 5.32 Å². The highest BCUT2D eigenvalue weighted by molar-refractivity contribution is 5.12. The molecular formula is C10H19NO. The van der Waals surface area contributed by atoms with Crippen LogP contribution in [0, 0.1) is 0 Å². The largest absolute Gasteiger partial charge is 0.383 e. The molecule has 12 heavy (non-hydrogen) atoms. The van der Waals surface area contributed by atoms with Crippen molar-refractivity contribution in [1.29, 1.82) is 0 Å². The summed E-state index contributed by atoms with van der Waals surface area (Å²) < 4.78 is 4.90. The van der Waals surface area contributed by atoms with Gasteiger partial charge in [-0.05, 0) is 19.9 Å². The maximum absolute atomic E-state index is 4.90. The highest BCUT2D eigenvalue weighted by Gasteiger charge is 1.84. The van der Waals surface area contributed by atoms with E-state index in [0.717, 1.165) is 26.1 Å². The molecule has 2 nitrogen and oxygen atoms in total. The third-order valence-electron chi connectivity index (χ3n) is 1.59. The molecule has 1 N–H and O–H groups in total. The lowest BCUT2D eigenvalue weighted by molar-refractivity contribution is 0.199. The van der Waals surface area contributed by atoms with Crippen molar-refractivity contribution >= 4 is 0 Å². The first kappa shape index (κ1) is 11.4. The van der Waals surface area contributed by atoms with Crippen LogP contribution in [-0.4, -0.2) is 26.8 Å². The standard InChI is InChI=1S/C10H19NO/c1-4-10(2)6-5-7-11-8-9-12-3/h4,6,11H,1,5,7-9H2,2-3H3. The number of nitrogens with one attached hydrogen (secondary N) is 1.